The maximum absolute atomic E-state index is 14.1. The van der Waals surface area contributed by atoms with E-state index in [1.54, 1.807) is 19.9 Å². The molecule has 0 aliphatic carbocycles. The van der Waals surface area contributed by atoms with Crippen LogP contribution in [0.2, 0.25) is 0 Å². The number of ether oxygens (including phenoxy) is 2. The van der Waals surface area contributed by atoms with Gasteiger partial charge in [-0.05, 0) is 19.9 Å². The summed E-state index contributed by atoms with van der Waals surface area (Å²) in [5, 5.41) is 12.9. The number of carbonyl (C=O) groups excluding carboxylic acids is 1. The molecule has 1 aromatic heterocycles. The van der Waals surface area contributed by atoms with E-state index in [1.165, 1.54) is 17.5 Å². The fraction of sp³-hybridized carbons (Fsp3) is 0.400. The van der Waals surface area contributed by atoms with Crippen LogP contribution in [-0.2, 0) is 9.57 Å². The minimum atomic E-state index is -0.844. The molecule has 164 valence electrons. The average molecular weight is 433 g/mol. The van der Waals surface area contributed by atoms with Gasteiger partial charge in [0.15, 0.2) is 0 Å². The van der Waals surface area contributed by atoms with E-state index in [-0.39, 0.29) is 35.2 Å². The van der Waals surface area contributed by atoms with Gasteiger partial charge in [-0.25, -0.2) is 23.5 Å². The minimum absolute atomic E-state index is 0.167. The number of piperidine rings is 1. The fourth-order valence-electron chi connectivity index (χ4n) is 2.87. The quantitative estimate of drug-likeness (QED) is 0.682. The predicted octanol–water partition coefficient (Wildman–Crippen LogP) is 3.69. The van der Waals surface area contributed by atoms with Crippen molar-refractivity contribution in [1.29, 1.82) is 5.26 Å². The summed E-state index contributed by atoms with van der Waals surface area (Å²) < 4.78 is 38.6. The molecule has 1 aliphatic rings. The van der Waals surface area contributed by atoms with Crippen LogP contribution in [-0.4, -0.2) is 46.5 Å². The van der Waals surface area contributed by atoms with E-state index < -0.39 is 17.8 Å². The van der Waals surface area contributed by atoms with E-state index in [9.17, 15) is 13.6 Å². The molecule has 0 radical (unpaired) electrons. The molecule has 3 rings (SSSR count). The highest BCUT2D eigenvalue weighted by Crippen LogP contribution is 2.24. The molecule has 9 nitrogen and oxygen atoms in total. The SMILES string of the molecule is CC(C)OC(=O)ON1CCC(Oc2cc(Nc3cc(F)c(C#N)cc3F)ncn2)CC1. The smallest absolute Gasteiger partial charge is 0.474 e. The van der Waals surface area contributed by atoms with Crippen LogP contribution in [0.3, 0.4) is 0 Å². The second kappa shape index (κ2) is 9.99. The van der Waals surface area contributed by atoms with E-state index in [1.807, 2.05) is 0 Å². The number of rotatable bonds is 6. The number of hydrogen-bond acceptors (Lipinski definition) is 9. The van der Waals surface area contributed by atoms with Gasteiger partial charge in [0.1, 0.15) is 36.0 Å². The molecule has 0 amide bonds. The Morgan fingerprint density at radius 3 is 2.65 bits per heavy atom. The topological polar surface area (TPSA) is 110 Å². The van der Waals surface area contributed by atoms with Crippen LogP contribution in [0.4, 0.5) is 25.1 Å². The Bertz CT molecular complexity index is 975. The Hall–Kier alpha value is -3.52. The number of hydrogen-bond donors (Lipinski definition) is 1. The molecular formula is C20H21F2N5O4. The van der Waals surface area contributed by atoms with Gasteiger partial charge in [-0.2, -0.15) is 5.26 Å². The zero-order valence-electron chi connectivity index (χ0n) is 17.0. The maximum Gasteiger partial charge on any atom is 0.528 e. The highest BCUT2D eigenvalue weighted by molar-refractivity contribution is 5.60. The number of hydroxylamine groups is 2. The summed E-state index contributed by atoms with van der Waals surface area (Å²) in [4.78, 5) is 24.7. The monoisotopic (exact) mass is 433 g/mol. The number of nitrogens with one attached hydrogen (secondary N) is 1. The largest absolute Gasteiger partial charge is 0.528 e. The van der Waals surface area contributed by atoms with Gasteiger partial charge >= 0.3 is 6.16 Å². The number of nitrogens with zero attached hydrogens (tertiary/aromatic N) is 4. The van der Waals surface area contributed by atoms with Crippen molar-refractivity contribution < 1.29 is 27.9 Å². The zero-order chi connectivity index (χ0) is 22.4. The maximum atomic E-state index is 14.1. The number of benzene rings is 1. The van der Waals surface area contributed by atoms with Gasteiger partial charge in [-0.15, -0.1) is 5.06 Å². The van der Waals surface area contributed by atoms with E-state index in [2.05, 4.69) is 15.3 Å². The molecule has 31 heavy (non-hydrogen) atoms. The van der Waals surface area contributed by atoms with E-state index in [0.717, 1.165) is 12.1 Å². The third-order valence-corrected chi connectivity index (χ3v) is 4.31. The number of nitriles is 1. The second-order valence-corrected chi connectivity index (χ2v) is 7.04. The molecule has 1 fully saturated rings. The van der Waals surface area contributed by atoms with Crippen LogP contribution >= 0.6 is 0 Å². The molecular weight excluding hydrogens is 412 g/mol. The molecule has 11 heteroatoms. The molecule has 1 N–H and O–H groups in total. The third kappa shape index (κ3) is 6.23. The highest BCUT2D eigenvalue weighted by Gasteiger charge is 2.24. The van der Waals surface area contributed by atoms with E-state index in [0.29, 0.717) is 25.9 Å². The lowest BCUT2D eigenvalue weighted by atomic mass is 10.1. The van der Waals surface area contributed by atoms with Crippen molar-refractivity contribution in [3.05, 3.63) is 41.7 Å². The number of aromatic nitrogens is 2. The van der Waals surface area contributed by atoms with Crippen molar-refractivity contribution >= 4 is 17.7 Å². The van der Waals surface area contributed by atoms with Crippen LogP contribution in [0.1, 0.15) is 32.3 Å². The molecule has 0 bridgehead atoms. The first-order valence-corrected chi connectivity index (χ1v) is 9.62. The molecule has 0 unspecified atom stereocenters. The van der Waals surface area contributed by atoms with Crippen molar-refractivity contribution in [3.8, 4) is 11.9 Å². The second-order valence-electron chi connectivity index (χ2n) is 7.04. The zero-order valence-corrected chi connectivity index (χ0v) is 17.0. The average Bonchev–Trinajstić information content (AvgIpc) is 2.71. The van der Waals surface area contributed by atoms with E-state index in [4.69, 9.17) is 19.6 Å². The van der Waals surface area contributed by atoms with Crippen molar-refractivity contribution in [2.75, 3.05) is 18.4 Å². The van der Waals surface area contributed by atoms with Gasteiger partial charge in [-0.3, -0.25) is 0 Å². The third-order valence-electron chi connectivity index (χ3n) is 4.31. The Morgan fingerprint density at radius 2 is 1.97 bits per heavy atom. The van der Waals surface area contributed by atoms with E-state index >= 15 is 0 Å². The first-order valence-electron chi connectivity index (χ1n) is 9.62. The van der Waals surface area contributed by atoms with Crippen LogP contribution in [0.15, 0.2) is 24.5 Å². The lowest BCUT2D eigenvalue weighted by Gasteiger charge is -2.30. The first kappa shape index (κ1) is 22.2. The standard InChI is InChI=1S/C20H21F2N5O4/c1-12(2)29-20(28)31-27-5-3-14(4-6-27)30-19-9-18(24-11-25-19)26-17-8-15(21)13(10-23)7-16(17)22/h7-9,11-12,14H,3-6H2,1-2H3,(H,24,25,26). The van der Waals surface area contributed by atoms with Crippen molar-refractivity contribution in [2.45, 2.75) is 38.9 Å². The molecule has 2 heterocycles. The van der Waals surface area contributed by atoms with Crippen molar-refractivity contribution in [1.82, 2.24) is 15.0 Å². The minimum Gasteiger partial charge on any atom is -0.474 e. The molecule has 0 saturated carbocycles. The van der Waals surface area contributed by atoms with Crippen LogP contribution < -0.4 is 10.1 Å². The lowest BCUT2D eigenvalue weighted by molar-refractivity contribution is -0.151. The number of anilines is 2. The summed E-state index contributed by atoms with van der Waals surface area (Å²) in [5.74, 6) is -1.18. The van der Waals surface area contributed by atoms with Gasteiger partial charge in [0.2, 0.25) is 5.88 Å². The summed E-state index contributed by atoms with van der Waals surface area (Å²) >= 11 is 0. The Labute approximate surface area is 177 Å². The van der Waals surface area contributed by atoms with Gasteiger partial charge in [0.25, 0.3) is 0 Å². The van der Waals surface area contributed by atoms with Gasteiger partial charge in [0, 0.05) is 38.1 Å². The highest BCUT2D eigenvalue weighted by atomic mass is 19.1. The molecule has 1 aromatic carbocycles. The van der Waals surface area contributed by atoms with Crippen LogP contribution in [0.5, 0.6) is 5.88 Å². The number of carbonyl (C=O) groups is 1. The first-order chi connectivity index (χ1) is 14.8. The van der Waals surface area contributed by atoms with Gasteiger partial charge in [-0.1, -0.05) is 0 Å². The Kier molecular flexibility index (Phi) is 7.15. The van der Waals surface area contributed by atoms with Crippen molar-refractivity contribution in [3.63, 3.8) is 0 Å². The van der Waals surface area contributed by atoms with Crippen LogP contribution in [0, 0.1) is 23.0 Å². The normalized spacial score (nSPS) is 14.7. The fourth-order valence-corrected chi connectivity index (χ4v) is 2.87. The Morgan fingerprint density at radius 1 is 1.23 bits per heavy atom. The van der Waals surface area contributed by atoms with Crippen molar-refractivity contribution in [2.24, 2.45) is 0 Å². The molecule has 2 aromatic rings. The Balaban J connectivity index is 1.55. The molecule has 0 atom stereocenters. The summed E-state index contributed by atoms with van der Waals surface area (Å²) in [6, 6.07) is 4.73. The summed E-state index contributed by atoms with van der Waals surface area (Å²) in [6.07, 6.45) is 1.22. The molecule has 1 aliphatic heterocycles. The molecule has 1 saturated heterocycles. The summed E-state index contributed by atoms with van der Waals surface area (Å²) in [7, 11) is 0. The number of halogens is 2. The molecule has 0 spiro atoms. The van der Waals surface area contributed by atoms with Crippen LogP contribution in [0.25, 0.3) is 0 Å². The lowest BCUT2D eigenvalue weighted by Crippen LogP contribution is -2.40. The predicted molar refractivity (Wildman–Crippen MR) is 104 cm³/mol. The summed E-state index contributed by atoms with van der Waals surface area (Å²) in [6.45, 7) is 4.39. The van der Waals surface area contributed by atoms with Gasteiger partial charge in [0.05, 0.1) is 17.4 Å². The van der Waals surface area contributed by atoms with Gasteiger partial charge < -0.3 is 19.6 Å². The summed E-state index contributed by atoms with van der Waals surface area (Å²) in [5.41, 5.74) is -0.553.